The van der Waals surface area contributed by atoms with Crippen molar-refractivity contribution in [2.45, 2.75) is 33.7 Å². The highest BCUT2D eigenvalue weighted by Gasteiger charge is 2.24. The molecule has 0 aliphatic heterocycles. The summed E-state index contributed by atoms with van der Waals surface area (Å²) >= 11 is 3.59. The molecule has 0 aromatic heterocycles. The number of rotatable bonds is 1. The standard InChI is InChI=1S/C12H18BrN/c1-8-6-5-7-9(10(8)13)11(14)12(2,3)4/h5-7,11H,14H2,1-4H3/t11-/m0/s1. The van der Waals surface area contributed by atoms with Crippen LogP contribution in [-0.2, 0) is 0 Å². The van der Waals surface area contributed by atoms with Gasteiger partial charge in [-0.1, -0.05) is 54.9 Å². The normalized spacial score (nSPS) is 14.1. The molecule has 2 N–H and O–H groups in total. The van der Waals surface area contributed by atoms with E-state index in [1.807, 2.05) is 0 Å². The van der Waals surface area contributed by atoms with E-state index in [-0.39, 0.29) is 11.5 Å². The topological polar surface area (TPSA) is 26.0 Å². The number of hydrogen-bond donors (Lipinski definition) is 1. The Morgan fingerprint density at radius 2 is 1.86 bits per heavy atom. The molecule has 0 aliphatic carbocycles. The molecule has 2 heteroatoms. The van der Waals surface area contributed by atoms with E-state index in [2.05, 4.69) is 61.8 Å². The lowest BCUT2D eigenvalue weighted by molar-refractivity contribution is 0.326. The highest BCUT2D eigenvalue weighted by molar-refractivity contribution is 9.10. The number of aryl methyl sites for hydroxylation is 1. The summed E-state index contributed by atoms with van der Waals surface area (Å²) < 4.78 is 1.14. The Hall–Kier alpha value is -0.340. The number of halogens is 1. The Morgan fingerprint density at radius 3 is 2.36 bits per heavy atom. The highest BCUT2D eigenvalue weighted by Crippen LogP contribution is 2.35. The Balaban J connectivity index is 3.14. The van der Waals surface area contributed by atoms with E-state index in [9.17, 15) is 0 Å². The Labute approximate surface area is 94.8 Å². The number of hydrogen-bond acceptors (Lipinski definition) is 1. The van der Waals surface area contributed by atoms with E-state index in [1.165, 1.54) is 11.1 Å². The molecule has 78 valence electrons. The van der Waals surface area contributed by atoms with Gasteiger partial charge < -0.3 is 5.73 Å². The van der Waals surface area contributed by atoms with Gasteiger partial charge in [0, 0.05) is 10.5 Å². The Kier molecular flexibility index (Phi) is 3.38. The predicted molar refractivity (Wildman–Crippen MR) is 65.3 cm³/mol. The van der Waals surface area contributed by atoms with E-state index in [4.69, 9.17) is 5.73 Å². The highest BCUT2D eigenvalue weighted by atomic mass is 79.9. The average molecular weight is 256 g/mol. The van der Waals surface area contributed by atoms with Crippen molar-refractivity contribution in [1.82, 2.24) is 0 Å². The van der Waals surface area contributed by atoms with Gasteiger partial charge in [0.25, 0.3) is 0 Å². The zero-order valence-electron chi connectivity index (χ0n) is 9.26. The third kappa shape index (κ3) is 2.37. The van der Waals surface area contributed by atoms with Crippen LogP contribution in [0.4, 0.5) is 0 Å². The molecule has 1 atom stereocenters. The molecule has 0 spiro atoms. The quantitative estimate of drug-likeness (QED) is 0.812. The van der Waals surface area contributed by atoms with E-state index in [0.29, 0.717) is 0 Å². The summed E-state index contributed by atoms with van der Waals surface area (Å²) in [6.45, 7) is 8.56. The van der Waals surface area contributed by atoms with Crippen molar-refractivity contribution in [1.29, 1.82) is 0 Å². The fraction of sp³-hybridized carbons (Fsp3) is 0.500. The maximum absolute atomic E-state index is 6.21. The molecule has 0 bridgehead atoms. The van der Waals surface area contributed by atoms with Crippen molar-refractivity contribution in [2.75, 3.05) is 0 Å². The first kappa shape index (κ1) is 11.7. The zero-order valence-corrected chi connectivity index (χ0v) is 10.9. The molecule has 0 fully saturated rings. The lowest BCUT2D eigenvalue weighted by Gasteiger charge is -2.28. The molecule has 0 radical (unpaired) electrons. The molecular formula is C12H18BrN. The van der Waals surface area contributed by atoms with Crippen molar-refractivity contribution in [2.24, 2.45) is 11.1 Å². The lowest BCUT2D eigenvalue weighted by atomic mass is 9.83. The molecular weight excluding hydrogens is 238 g/mol. The third-order valence-corrected chi connectivity index (χ3v) is 3.57. The molecule has 0 saturated carbocycles. The van der Waals surface area contributed by atoms with Gasteiger partial charge in [0.1, 0.15) is 0 Å². The molecule has 1 aromatic carbocycles. The fourth-order valence-corrected chi connectivity index (χ4v) is 1.89. The molecule has 14 heavy (non-hydrogen) atoms. The average Bonchev–Trinajstić information content (AvgIpc) is 2.07. The molecule has 1 aromatic rings. The summed E-state index contributed by atoms with van der Waals surface area (Å²) in [5.74, 6) is 0. The largest absolute Gasteiger partial charge is 0.323 e. The summed E-state index contributed by atoms with van der Waals surface area (Å²) in [7, 11) is 0. The first-order valence-electron chi connectivity index (χ1n) is 4.84. The van der Waals surface area contributed by atoms with Crippen LogP contribution in [0.3, 0.4) is 0 Å². The second kappa shape index (κ2) is 4.03. The fourth-order valence-electron chi connectivity index (χ4n) is 1.38. The molecule has 0 heterocycles. The maximum atomic E-state index is 6.21. The Bertz CT molecular complexity index is 326. The minimum absolute atomic E-state index is 0.0665. The van der Waals surface area contributed by atoms with Crippen LogP contribution in [-0.4, -0.2) is 0 Å². The van der Waals surface area contributed by atoms with Gasteiger partial charge in [-0.05, 0) is 23.5 Å². The summed E-state index contributed by atoms with van der Waals surface area (Å²) in [5, 5.41) is 0. The van der Waals surface area contributed by atoms with Crippen molar-refractivity contribution in [3.05, 3.63) is 33.8 Å². The van der Waals surface area contributed by atoms with Gasteiger partial charge in [-0.25, -0.2) is 0 Å². The van der Waals surface area contributed by atoms with Gasteiger partial charge in [0.05, 0.1) is 0 Å². The van der Waals surface area contributed by atoms with Crippen molar-refractivity contribution >= 4 is 15.9 Å². The summed E-state index contributed by atoms with van der Waals surface area (Å²) in [4.78, 5) is 0. The van der Waals surface area contributed by atoms with Crippen LogP contribution in [0, 0.1) is 12.3 Å². The predicted octanol–water partition coefficient (Wildman–Crippen LogP) is 3.80. The molecule has 1 nitrogen and oxygen atoms in total. The molecule has 1 rings (SSSR count). The summed E-state index contributed by atoms with van der Waals surface area (Å²) in [5.41, 5.74) is 8.74. The van der Waals surface area contributed by atoms with E-state index in [1.54, 1.807) is 0 Å². The van der Waals surface area contributed by atoms with E-state index >= 15 is 0 Å². The van der Waals surface area contributed by atoms with Crippen LogP contribution in [0.15, 0.2) is 22.7 Å². The van der Waals surface area contributed by atoms with Gasteiger partial charge in [0.2, 0.25) is 0 Å². The number of nitrogens with two attached hydrogens (primary N) is 1. The Morgan fingerprint density at radius 1 is 1.29 bits per heavy atom. The van der Waals surface area contributed by atoms with Gasteiger partial charge >= 0.3 is 0 Å². The van der Waals surface area contributed by atoms with Crippen LogP contribution >= 0.6 is 15.9 Å². The minimum atomic E-state index is 0.0665. The molecule has 0 aliphatic rings. The van der Waals surface area contributed by atoms with E-state index < -0.39 is 0 Å². The zero-order chi connectivity index (χ0) is 10.9. The smallest absolute Gasteiger partial charge is 0.0355 e. The second-order valence-electron chi connectivity index (χ2n) is 4.82. The van der Waals surface area contributed by atoms with Crippen LogP contribution < -0.4 is 5.73 Å². The first-order chi connectivity index (χ1) is 6.34. The maximum Gasteiger partial charge on any atom is 0.0355 e. The third-order valence-electron chi connectivity index (χ3n) is 2.49. The molecule has 0 amide bonds. The molecule has 0 saturated heterocycles. The molecule has 0 unspecified atom stereocenters. The van der Waals surface area contributed by atoms with Gasteiger partial charge in [-0.3, -0.25) is 0 Å². The first-order valence-corrected chi connectivity index (χ1v) is 5.64. The van der Waals surface area contributed by atoms with Crippen molar-refractivity contribution in [3.63, 3.8) is 0 Å². The summed E-state index contributed by atoms with van der Waals surface area (Å²) in [6, 6.07) is 6.30. The van der Waals surface area contributed by atoms with Gasteiger partial charge in [-0.15, -0.1) is 0 Å². The minimum Gasteiger partial charge on any atom is -0.323 e. The number of benzene rings is 1. The van der Waals surface area contributed by atoms with Crippen molar-refractivity contribution < 1.29 is 0 Å². The second-order valence-corrected chi connectivity index (χ2v) is 5.61. The van der Waals surface area contributed by atoms with Crippen LogP contribution in [0.25, 0.3) is 0 Å². The SMILES string of the molecule is Cc1cccc([C@H](N)C(C)(C)C)c1Br. The van der Waals surface area contributed by atoms with Crippen LogP contribution in [0.1, 0.15) is 37.9 Å². The lowest BCUT2D eigenvalue weighted by Crippen LogP contribution is -2.26. The van der Waals surface area contributed by atoms with Crippen LogP contribution in [0.5, 0.6) is 0 Å². The van der Waals surface area contributed by atoms with E-state index in [0.717, 1.165) is 4.47 Å². The van der Waals surface area contributed by atoms with Crippen LogP contribution in [0.2, 0.25) is 0 Å². The monoisotopic (exact) mass is 255 g/mol. The summed E-state index contributed by atoms with van der Waals surface area (Å²) in [6.07, 6.45) is 0. The van der Waals surface area contributed by atoms with Gasteiger partial charge in [-0.2, -0.15) is 0 Å². The van der Waals surface area contributed by atoms with Crippen molar-refractivity contribution in [3.8, 4) is 0 Å². The van der Waals surface area contributed by atoms with Gasteiger partial charge in [0.15, 0.2) is 0 Å².